The van der Waals surface area contributed by atoms with Crippen molar-refractivity contribution in [1.82, 2.24) is 4.90 Å². The first-order valence-electron chi connectivity index (χ1n) is 9.45. The number of hydrogen-bond donors (Lipinski definition) is 2. The van der Waals surface area contributed by atoms with Gasteiger partial charge in [0, 0.05) is 23.9 Å². The van der Waals surface area contributed by atoms with E-state index in [4.69, 9.17) is 9.84 Å². The van der Waals surface area contributed by atoms with Gasteiger partial charge in [0.05, 0.1) is 0 Å². The highest BCUT2D eigenvalue weighted by atomic mass is 32.1. The quantitative estimate of drug-likeness (QED) is 0.343. The van der Waals surface area contributed by atoms with Crippen LogP contribution in [0.1, 0.15) is 34.3 Å². The number of hydrogen-bond acceptors (Lipinski definition) is 5. The number of thiol groups is 1. The summed E-state index contributed by atoms with van der Waals surface area (Å²) in [5.41, 5.74) is 2.20. The van der Waals surface area contributed by atoms with Crippen molar-refractivity contribution in [2.75, 3.05) is 7.05 Å². The average Bonchev–Trinajstić information content (AvgIpc) is 2.72. The molecule has 0 saturated carbocycles. The molecule has 6 nitrogen and oxygen atoms in total. The molecule has 2 rings (SSSR count). The Kier molecular flexibility index (Phi) is 8.68. The zero-order valence-corrected chi connectivity index (χ0v) is 17.7. The van der Waals surface area contributed by atoms with E-state index in [9.17, 15) is 14.4 Å². The number of carbonyl (C=O) groups is 3. The van der Waals surface area contributed by atoms with Crippen LogP contribution in [0.25, 0.3) is 0 Å². The highest BCUT2D eigenvalue weighted by molar-refractivity contribution is 7.80. The summed E-state index contributed by atoms with van der Waals surface area (Å²) in [5, 5.41) is 9.03. The number of nitrogens with zero attached hydrogens (tertiary/aromatic N) is 1. The predicted octanol–water partition coefficient (Wildman–Crippen LogP) is 3.75. The second-order valence-corrected chi connectivity index (χ2v) is 7.35. The van der Waals surface area contributed by atoms with Crippen molar-refractivity contribution in [3.63, 3.8) is 0 Å². The molecule has 0 heterocycles. The van der Waals surface area contributed by atoms with Gasteiger partial charge in [0.25, 0.3) is 5.91 Å². The smallest absolute Gasteiger partial charge is 0.329 e. The van der Waals surface area contributed by atoms with Gasteiger partial charge in [-0.2, -0.15) is 0 Å². The van der Waals surface area contributed by atoms with Crippen molar-refractivity contribution in [2.24, 2.45) is 0 Å². The SMILES string of the molecule is C=CCc1cccc(COC(=O)[C@H](CCC(=O)O)N(C)C(=O)c2cccc(S)c2)c1. The number of likely N-dealkylation sites (N-methyl/N-ethyl adjacent to an activating group) is 1. The molecule has 0 aliphatic carbocycles. The normalized spacial score (nSPS) is 11.4. The third-order valence-corrected chi connectivity index (χ3v) is 4.82. The number of amides is 1. The third kappa shape index (κ3) is 6.77. The molecule has 1 N–H and O–H groups in total. The molecule has 1 atom stereocenters. The first-order chi connectivity index (χ1) is 14.3. The average molecular weight is 428 g/mol. The highest BCUT2D eigenvalue weighted by Crippen LogP contribution is 2.16. The largest absolute Gasteiger partial charge is 0.481 e. The zero-order valence-electron chi connectivity index (χ0n) is 16.8. The molecule has 158 valence electrons. The summed E-state index contributed by atoms with van der Waals surface area (Å²) < 4.78 is 5.42. The number of esters is 1. The number of carboxylic acids is 1. The van der Waals surface area contributed by atoms with Gasteiger partial charge in [0.15, 0.2) is 0 Å². The van der Waals surface area contributed by atoms with Crippen LogP contribution in [0.5, 0.6) is 0 Å². The van der Waals surface area contributed by atoms with Crippen LogP contribution in [0, 0.1) is 0 Å². The standard InChI is InChI=1S/C23H25NO5S/c1-3-6-16-7-4-8-17(13-16)15-29-23(28)20(11-12-21(25)26)24(2)22(27)18-9-5-10-19(30)14-18/h3-5,7-10,13-14,20,30H,1,6,11-12,15H2,2H3,(H,25,26)/t20-/m0/s1. The van der Waals surface area contributed by atoms with E-state index in [1.807, 2.05) is 24.3 Å². The van der Waals surface area contributed by atoms with Crippen LogP contribution in [0.4, 0.5) is 0 Å². The van der Waals surface area contributed by atoms with Crippen molar-refractivity contribution in [2.45, 2.75) is 36.8 Å². The zero-order chi connectivity index (χ0) is 22.1. The van der Waals surface area contributed by atoms with E-state index in [0.29, 0.717) is 16.9 Å². The van der Waals surface area contributed by atoms with Gasteiger partial charge < -0.3 is 14.7 Å². The number of ether oxygens (including phenoxy) is 1. The van der Waals surface area contributed by atoms with Gasteiger partial charge in [0.2, 0.25) is 0 Å². The number of rotatable bonds is 10. The first kappa shape index (κ1) is 23.2. The molecule has 7 heteroatoms. The molecule has 2 aromatic carbocycles. The Hall–Kier alpha value is -3.06. The predicted molar refractivity (Wildman–Crippen MR) is 117 cm³/mol. The second-order valence-electron chi connectivity index (χ2n) is 6.84. The molecule has 0 aliphatic rings. The highest BCUT2D eigenvalue weighted by Gasteiger charge is 2.29. The molecule has 0 spiro atoms. The number of carboxylic acid groups (broad SMARTS) is 1. The van der Waals surface area contributed by atoms with Crippen LogP contribution in [0.15, 0.2) is 66.1 Å². The molecule has 0 fully saturated rings. The van der Waals surface area contributed by atoms with Gasteiger partial charge in [0.1, 0.15) is 12.6 Å². The van der Waals surface area contributed by atoms with Gasteiger partial charge in [-0.15, -0.1) is 19.2 Å². The topological polar surface area (TPSA) is 83.9 Å². The van der Waals surface area contributed by atoms with Crippen LogP contribution in [0.3, 0.4) is 0 Å². The monoisotopic (exact) mass is 427 g/mol. The van der Waals surface area contributed by atoms with Crippen LogP contribution < -0.4 is 0 Å². The van der Waals surface area contributed by atoms with Crippen LogP contribution in [-0.2, 0) is 27.4 Å². The van der Waals surface area contributed by atoms with Gasteiger partial charge >= 0.3 is 11.9 Å². The Morgan fingerprint density at radius 2 is 1.87 bits per heavy atom. The summed E-state index contributed by atoms with van der Waals surface area (Å²) in [6.45, 7) is 3.74. The molecular weight excluding hydrogens is 402 g/mol. The van der Waals surface area contributed by atoms with Crippen LogP contribution in [0.2, 0.25) is 0 Å². The van der Waals surface area contributed by atoms with E-state index in [-0.39, 0.29) is 19.4 Å². The Morgan fingerprint density at radius 3 is 2.53 bits per heavy atom. The van der Waals surface area contributed by atoms with Crippen molar-refractivity contribution in [3.8, 4) is 0 Å². The van der Waals surface area contributed by atoms with Gasteiger partial charge in [-0.25, -0.2) is 4.79 Å². The van der Waals surface area contributed by atoms with E-state index < -0.39 is 23.9 Å². The van der Waals surface area contributed by atoms with E-state index >= 15 is 0 Å². The maximum Gasteiger partial charge on any atom is 0.329 e. The fourth-order valence-electron chi connectivity index (χ4n) is 2.98. The molecule has 1 amide bonds. The summed E-state index contributed by atoms with van der Waals surface area (Å²) in [4.78, 5) is 38.4. The molecular formula is C23H25NO5S. The van der Waals surface area contributed by atoms with Crippen LogP contribution >= 0.6 is 12.6 Å². The van der Waals surface area contributed by atoms with E-state index in [0.717, 1.165) is 11.1 Å². The minimum Gasteiger partial charge on any atom is -0.481 e. The summed E-state index contributed by atoms with van der Waals surface area (Å²) in [5.74, 6) is -2.11. The molecule has 0 aliphatic heterocycles. The Labute approximate surface area is 181 Å². The minimum absolute atomic E-state index is 0.0293. The lowest BCUT2D eigenvalue weighted by molar-refractivity contribution is -0.150. The summed E-state index contributed by atoms with van der Waals surface area (Å²) in [6.07, 6.45) is 2.17. The number of carbonyl (C=O) groups excluding carboxylic acids is 2. The first-order valence-corrected chi connectivity index (χ1v) is 9.90. The fraction of sp³-hybridized carbons (Fsp3) is 0.261. The van der Waals surface area contributed by atoms with Gasteiger partial charge in [-0.3, -0.25) is 9.59 Å². The molecule has 0 unspecified atom stereocenters. The van der Waals surface area contributed by atoms with Crippen molar-refractivity contribution in [1.29, 1.82) is 0 Å². The molecule has 0 aromatic heterocycles. The Balaban J connectivity index is 2.13. The maximum absolute atomic E-state index is 12.8. The van der Waals surface area contributed by atoms with E-state index in [1.165, 1.54) is 11.9 Å². The third-order valence-electron chi connectivity index (χ3n) is 4.54. The summed E-state index contributed by atoms with van der Waals surface area (Å²) >= 11 is 4.23. The Morgan fingerprint density at radius 1 is 1.17 bits per heavy atom. The number of allylic oxidation sites excluding steroid dienone is 1. The molecule has 0 radical (unpaired) electrons. The van der Waals surface area contributed by atoms with Gasteiger partial charge in [-0.1, -0.05) is 36.4 Å². The summed E-state index contributed by atoms with van der Waals surface area (Å²) in [7, 11) is 1.46. The van der Waals surface area contributed by atoms with Crippen molar-refractivity contribution in [3.05, 3.63) is 77.9 Å². The minimum atomic E-state index is -1.05. The van der Waals surface area contributed by atoms with Crippen molar-refractivity contribution < 1.29 is 24.2 Å². The van der Waals surface area contributed by atoms with Gasteiger partial charge in [-0.05, 0) is 42.2 Å². The lowest BCUT2D eigenvalue weighted by atomic mass is 10.1. The van der Waals surface area contributed by atoms with Crippen molar-refractivity contribution >= 4 is 30.5 Å². The molecule has 0 saturated heterocycles. The number of aliphatic carboxylic acids is 1. The number of benzene rings is 2. The van der Waals surface area contributed by atoms with Crippen LogP contribution in [-0.4, -0.2) is 40.9 Å². The summed E-state index contributed by atoms with van der Waals surface area (Å²) in [6, 6.07) is 13.2. The fourth-order valence-corrected chi connectivity index (χ4v) is 3.20. The van der Waals surface area contributed by atoms with E-state index in [2.05, 4.69) is 19.2 Å². The molecule has 2 aromatic rings. The lowest BCUT2D eigenvalue weighted by Gasteiger charge is -2.26. The Bertz CT molecular complexity index is 927. The maximum atomic E-state index is 12.8. The molecule has 30 heavy (non-hydrogen) atoms. The molecule has 0 bridgehead atoms. The second kappa shape index (κ2) is 11.2. The lowest BCUT2D eigenvalue weighted by Crippen LogP contribution is -2.43. The van der Waals surface area contributed by atoms with E-state index in [1.54, 1.807) is 30.3 Å².